The van der Waals surface area contributed by atoms with Crippen LogP contribution in [0.1, 0.15) is 35.6 Å². The fourth-order valence-electron chi connectivity index (χ4n) is 5.04. The quantitative estimate of drug-likeness (QED) is 0.224. The minimum atomic E-state index is -0.280. The lowest BCUT2D eigenvalue weighted by Gasteiger charge is -2.31. The number of nitrogens with zero attached hydrogens (tertiary/aromatic N) is 1. The van der Waals surface area contributed by atoms with Crippen molar-refractivity contribution in [3.8, 4) is 11.5 Å². The van der Waals surface area contributed by atoms with E-state index in [1.807, 2.05) is 30.3 Å². The summed E-state index contributed by atoms with van der Waals surface area (Å²) in [7, 11) is 0. The van der Waals surface area contributed by atoms with Gasteiger partial charge in [0.25, 0.3) is 0 Å². The highest BCUT2D eigenvalue weighted by atomic mass is 16.3. The molecule has 0 saturated heterocycles. The van der Waals surface area contributed by atoms with Crippen LogP contribution in [0.2, 0.25) is 0 Å². The summed E-state index contributed by atoms with van der Waals surface area (Å²) in [5.74, 6) is 0.517. The molecule has 5 rings (SSSR count). The van der Waals surface area contributed by atoms with Gasteiger partial charge in [0.1, 0.15) is 11.5 Å². The van der Waals surface area contributed by atoms with Crippen LogP contribution in [-0.2, 0) is 11.8 Å². The van der Waals surface area contributed by atoms with Crippen LogP contribution >= 0.6 is 0 Å². The maximum absolute atomic E-state index is 9.85. The molecule has 3 heteroatoms. The van der Waals surface area contributed by atoms with Crippen LogP contribution in [0.25, 0.3) is 0 Å². The standard InChI is InChI=1S/C35H33NO2/c1-26-8-16-31(17-9-26)36(30-6-4-3-5-7-30)32-18-10-27(11-19-32)24-25-35(2,28-12-20-33(37)21-13-28)29-14-22-34(38)23-15-29/h3-23,37-38H,24-25H2,1-2H3. The van der Waals surface area contributed by atoms with Gasteiger partial charge in [-0.2, -0.15) is 0 Å². The molecule has 0 unspecified atom stereocenters. The minimum Gasteiger partial charge on any atom is -0.508 e. The number of rotatable bonds is 8. The van der Waals surface area contributed by atoms with E-state index in [9.17, 15) is 10.2 Å². The first kappa shape index (κ1) is 25.2. The Labute approximate surface area is 225 Å². The smallest absolute Gasteiger partial charge is 0.115 e. The Kier molecular flexibility index (Phi) is 7.19. The summed E-state index contributed by atoms with van der Waals surface area (Å²) in [5, 5.41) is 19.7. The average Bonchev–Trinajstić information content (AvgIpc) is 2.95. The molecule has 0 bridgehead atoms. The summed E-state index contributed by atoms with van der Waals surface area (Å²) < 4.78 is 0. The van der Waals surface area contributed by atoms with Crippen molar-refractivity contribution >= 4 is 17.1 Å². The lowest BCUT2D eigenvalue weighted by atomic mass is 9.72. The Morgan fingerprint density at radius 1 is 0.553 bits per heavy atom. The number of aryl methyl sites for hydroxylation is 2. The fourth-order valence-corrected chi connectivity index (χ4v) is 5.04. The van der Waals surface area contributed by atoms with Crippen LogP contribution in [0, 0.1) is 6.92 Å². The van der Waals surface area contributed by atoms with Gasteiger partial charge in [0, 0.05) is 22.5 Å². The van der Waals surface area contributed by atoms with E-state index in [4.69, 9.17) is 0 Å². The van der Waals surface area contributed by atoms with Gasteiger partial charge in [-0.15, -0.1) is 0 Å². The van der Waals surface area contributed by atoms with Gasteiger partial charge in [-0.1, -0.05) is 79.2 Å². The maximum Gasteiger partial charge on any atom is 0.115 e. The number of phenols is 2. The molecule has 2 N–H and O–H groups in total. The Morgan fingerprint density at radius 3 is 1.50 bits per heavy atom. The third-order valence-corrected chi connectivity index (χ3v) is 7.42. The van der Waals surface area contributed by atoms with Crippen molar-refractivity contribution < 1.29 is 10.2 Å². The number of phenolic OH excluding ortho intramolecular Hbond substituents is 2. The summed E-state index contributed by atoms with van der Waals surface area (Å²) in [4.78, 5) is 2.28. The first-order valence-corrected chi connectivity index (χ1v) is 13.0. The number of para-hydroxylation sites is 1. The molecule has 0 saturated carbocycles. The van der Waals surface area contributed by atoms with Crippen molar-refractivity contribution in [1.82, 2.24) is 0 Å². The summed E-state index contributed by atoms with van der Waals surface area (Å²) in [6.07, 6.45) is 1.76. The Morgan fingerprint density at radius 2 is 1.00 bits per heavy atom. The lowest BCUT2D eigenvalue weighted by molar-refractivity contribution is 0.470. The van der Waals surface area contributed by atoms with E-state index in [1.165, 1.54) is 11.1 Å². The number of aromatic hydroxyl groups is 2. The number of anilines is 3. The molecule has 0 heterocycles. The van der Waals surface area contributed by atoms with Crippen LogP contribution < -0.4 is 4.90 Å². The third kappa shape index (κ3) is 5.42. The van der Waals surface area contributed by atoms with E-state index < -0.39 is 0 Å². The van der Waals surface area contributed by atoms with Crippen molar-refractivity contribution in [3.63, 3.8) is 0 Å². The zero-order valence-electron chi connectivity index (χ0n) is 21.9. The molecule has 0 aliphatic rings. The van der Waals surface area contributed by atoms with Gasteiger partial charge in [-0.25, -0.2) is 0 Å². The van der Waals surface area contributed by atoms with Crippen molar-refractivity contribution in [2.24, 2.45) is 0 Å². The van der Waals surface area contributed by atoms with E-state index in [0.717, 1.165) is 41.0 Å². The summed E-state index contributed by atoms with van der Waals surface area (Å²) in [6.45, 7) is 4.34. The zero-order valence-corrected chi connectivity index (χ0v) is 21.9. The highest BCUT2D eigenvalue weighted by molar-refractivity contribution is 5.76. The van der Waals surface area contributed by atoms with Crippen molar-refractivity contribution in [3.05, 3.63) is 150 Å². The second-order valence-electron chi connectivity index (χ2n) is 10.1. The molecule has 3 nitrogen and oxygen atoms in total. The SMILES string of the molecule is Cc1ccc(N(c2ccccc2)c2ccc(CCC(C)(c3ccc(O)cc3)c3ccc(O)cc3)cc2)cc1. The Balaban J connectivity index is 1.42. The Hall–Kier alpha value is -4.50. The van der Waals surface area contributed by atoms with E-state index >= 15 is 0 Å². The normalized spacial score (nSPS) is 11.3. The predicted molar refractivity (Wildman–Crippen MR) is 157 cm³/mol. The molecular weight excluding hydrogens is 466 g/mol. The Bertz CT molecular complexity index is 1410. The summed E-state index contributed by atoms with van der Waals surface area (Å²) in [5.41, 5.74) is 7.84. The molecule has 0 aliphatic carbocycles. The molecule has 0 amide bonds. The molecule has 0 aromatic heterocycles. The first-order chi connectivity index (χ1) is 18.4. The highest BCUT2D eigenvalue weighted by Gasteiger charge is 2.29. The van der Waals surface area contributed by atoms with Crippen LogP contribution in [-0.4, -0.2) is 10.2 Å². The highest BCUT2D eigenvalue weighted by Crippen LogP contribution is 2.39. The van der Waals surface area contributed by atoms with E-state index in [0.29, 0.717) is 0 Å². The van der Waals surface area contributed by atoms with Gasteiger partial charge in [0.15, 0.2) is 0 Å². The minimum absolute atomic E-state index is 0.258. The number of benzene rings is 5. The first-order valence-electron chi connectivity index (χ1n) is 13.0. The molecule has 5 aromatic carbocycles. The van der Waals surface area contributed by atoms with Crippen LogP contribution in [0.15, 0.2) is 127 Å². The zero-order chi connectivity index (χ0) is 26.5. The molecule has 5 aromatic rings. The largest absolute Gasteiger partial charge is 0.508 e. The fraction of sp³-hybridized carbons (Fsp3) is 0.143. The van der Waals surface area contributed by atoms with E-state index in [-0.39, 0.29) is 16.9 Å². The maximum atomic E-state index is 9.85. The predicted octanol–water partition coefficient (Wildman–Crippen LogP) is 8.81. The third-order valence-electron chi connectivity index (χ3n) is 7.42. The molecule has 0 spiro atoms. The van der Waals surface area contributed by atoms with Crippen LogP contribution in [0.5, 0.6) is 11.5 Å². The van der Waals surface area contributed by atoms with Crippen LogP contribution in [0.4, 0.5) is 17.1 Å². The van der Waals surface area contributed by atoms with Crippen molar-refractivity contribution in [2.45, 2.75) is 32.1 Å². The summed E-state index contributed by atoms with van der Waals surface area (Å²) >= 11 is 0. The van der Waals surface area contributed by atoms with Gasteiger partial charge in [-0.05, 0) is 97.1 Å². The lowest BCUT2D eigenvalue weighted by Crippen LogP contribution is -2.24. The molecule has 0 atom stereocenters. The van der Waals surface area contributed by atoms with Gasteiger partial charge in [0.05, 0.1) is 0 Å². The molecule has 0 fully saturated rings. The van der Waals surface area contributed by atoms with Crippen LogP contribution in [0.3, 0.4) is 0 Å². The molecular formula is C35H33NO2. The van der Waals surface area contributed by atoms with Crippen molar-refractivity contribution in [2.75, 3.05) is 4.90 Å². The second-order valence-corrected chi connectivity index (χ2v) is 10.1. The van der Waals surface area contributed by atoms with Gasteiger partial charge >= 0.3 is 0 Å². The molecule has 190 valence electrons. The van der Waals surface area contributed by atoms with Gasteiger partial charge < -0.3 is 15.1 Å². The topological polar surface area (TPSA) is 43.7 Å². The van der Waals surface area contributed by atoms with Gasteiger partial charge in [0.2, 0.25) is 0 Å². The van der Waals surface area contributed by atoms with E-state index in [1.54, 1.807) is 24.3 Å². The summed E-state index contributed by atoms with van der Waals surface area (Å²) in [6, 6.07) is 42.8. The average molecular weight is 500 g/mol. The number of hydrogen-bond donors (Lipinski definition) is 2. The molecule has 0 radical (unpaired) electrons. The number of hydrogen-bond acceptors (Lipinski definition) is 3. The second kappa shape index (κ2) is 10.9. The van der Waals surface area contributed by atoms with Crippen molar-refractivity contribution in [1.29, 1.82) is 0 Å². The molecule has 0 aliphatic heterocycles. The van der Waals surface area contributed by atoms with Gasteiger partial charge in [-0.3, -0.25) is 0 Å². The van der Waals surface area contributed by atoms with E-state index in [2.05, 4.69) is 91.5 Å². The molecule has 38 heavy (non-hydrogen) atoms. The monoisotopic (exact) mass is 499 g/mol.